The third kappa shape index (κ3) is 7.50. The number of para-hydroxylation sites is 2. The Labute approximate surface area is 394 Å². The minimum Gasteiger partial charge on any atom is -0.352 e. The van der Waals surface area contributed by atoms with Gasteiger partial charge >= 0.3 is 0 Å². The fraction of sp³-hybridized carbons (Fsp3) is 0.0161. The summed E-state index contributed by atoms with van der Waals surface area (Å²) in [5.41, 5.74) is 15.8. The molecule has 0 amide bonds. The molecule has 0 atom stereocenters. The number of benzene rings is 9. The predicted octanol–water partition coefficient (Wildman–Crippen LogP) is 15.0. The molecule has 0 aliphatic heterocycles. The van der Waals surface area contributed by atoms with Gasteiger partial charge in [-0.1, -0.05) is 194 Å². The van der Waals surface area contributed by atoms with Gasteiger partial charge in [0.1, 0.15) is 5.84 Å². The molecule has 0 aliphatic carbocycles. The molecule has 3 aromatic heterocycles. The van der Waals surface area contributed by atoms with E-state index in [4.69, 9.17) is 15.4 Å². The first-order valence-electron chi connectivity index (χ1n) is 22.9. The van der Waals surface area contributed by atoms with Gasteiger partial charge in [0.25, 0.3) is 0 Å². The molecule has 0 bridgehead atoms. The summed E-state index contributed by atoms with van der Waals surface area (Å²) in [6, 6.07) is 84.8. The van der Waals surface area contributed by atoms with Gasteiger partial charge in [-0.25, -0.2) is 9.98 Å². The highest BCUT2D eigenvalue weighted by molar-refractivity contribution is 6.18. The molecule has 6 heteroatoms. The number of hydrogen-bond donors (Lipinski definition) is 2. The molecule has 0 spiro atoms. The van der Waals surface area contributed by atoms with Crippen LogP contribution in [0.3, 0.4) is 0 Å². The summed E-state index contributed by atoms with van der Waals surface area (Å²) in [6.07, 6.45) is 0. The number of amidine groups is 2. The summed E-state index contributed by atoms with van der Waals surface area (Å²) in [4.78, 5) is 10.1. The van der Waals surface area contributed by atoms with Crippen LogP contribution in [0.2, 0.25) is 0 Å². The van der Waals surface area contributed by atoms with Gasteiger partial charge in [0, 0.05) is 49.5 Å². The SMILES string of the molecule is N=C(N=C(NCn1c2ccccc2c2cc3c(cc21)c1ccccc1n3-c1cccc(-c2cc(-c3ccccc3)nc(-c3ccc(-c4ccccc4)cc3)c2)c1)c1ccccc1)c1ccccc1. The van der Waals surface area contributed by atoms with Crippen molar-refractivity contribution in [2.45, 2.75) is 6.67 Å². The zero-order chi connectivity index (χ0) is 45.4. The highest BCUT2D eigenvalue weighted by atomic mass is 15.2. The molecule has 322 valence electrons. The van der Waals surface area contributed by atoms with Gasteiger partial charge in [-0.3, -0.25) is 5.41 Å². The fourth-order valence-corrected chi connectivity index (χ4v) is 9.58. The zero-order valence-electron chi connectivity index (χ0n) is 37.1. The maximum Gasteiger partial charge on any atom is 0.154 e. The number of fused-ring (bicyclic) bond motifs is 6. The normalized spacial score (nSPS) is 11.7. The van der Waals surface area contributed by atoms with Crippen LogP contribution in [0.1, 0.15) is 11.1 Å². The van der Waals surface area contributed by atoms with Crippen molar-refractivity contribution in [2.24, 2.45) is 4.99 Å². The molecule has 12 rings (SSSR count). The van der Waals surface area contributed by atoms with Crippen LogP contribution in [0, 0.1) is 5.41 Å². The van der Waals surface area contributed by atoms with Crippen molar-refractivity contribution in [3.63, 3.8) is 0 Å². The molecular formula is C62H44N6. The molecule has 6 nitrogen and oxygen atoms in total. The van der Waals surface area contributed by atoms with Crippen LogP contribution >= 0.6 is 0 Å². The van der Waals surface area contributed by atoms with Gasteiger partial charge in [0.05, 0.1) is 40.1 Å². The monoisotopic (exact) mass is 872 g/mol. The molecule has 0 saturated carbocycles. The number of aliphatic imine (C=N–C) groups is 1. The Morgan fingerprint density at radius 3 is 1.59 bits per heavy atom. The van der Waals surface area contributed by atoms with E-state index in [2.05, 4.69) is 190 Å². The van der Waals surface area contributed by atoms with E-state index in [1.54, 1.807) is 0 Å². The van der Waals surface area contributed by atoms with Crippen molar-refractivity contribution in [1.82, 2.24) is 19.4 Å². The largest absolute Gasteiger partial charge is 0.352 e. The average Bonchev–Trinajstić information content (AvgIpc) is 3.91. The van der Waals surface area contributed by atoms with Crippen LogP contribution in [0.4, 0.5) is 0 Å². The molecule has 0 unspecified atom stereocenters. The molecule has 2 N–H and O–H groups in total. The lowest BCUT2D eigenvalue weighted by molar-refractivity contribution is 0.710. The fourth-order valence-electron chi connectivity index (χ4n) is 9.58. The lowest BCUT2D eigenvalue weighted by atomic mass is 9.98. The highest BCUT2D eigenvalue weighted by Gasteiger charge is 2.19. The Balaban J connectivity index is 0.971. The Morgan fingerprint density at radius 1 is 0.397 bits per heavy atom. The van der Waals surface area contributed by atoms with E-state index in [0.29, 0.717) is 12.5 Å². The molecule has 9 aromatic carbocycles. The Bertz CT molecular complexity index is 3830. The molecule has 0 fully saturated rings. The topological polar surface area (TPSA) is 71.0 Å². The van der Waals surface area contributed by atoms with Crippen molar-refractivity contribution in [2.75, 3.05) is 0 Å². The van der Waals surface area contributed by atoms with Crippen LogP contribution in [0.5, 0.6) is 0 Å². The first kappa shape index (κ1) is 40.4. The molecule has 0 radical (unpaired) electrons. The number of pyridine rings is 1. The molecule has 3 heterocycles. The lowest BCUT2D eigenvalue weighted by Crippen LogP contribution is -2.28. The van der Waals surface area contributed by atoms with Gasteiger partial charge < -0.3 is 14.5 Å². The Kier molecular flexibility index (Phi) is 10.3. The second-order valence-corrected chi connectivity index (χ2v) is 17.0. The van der Waals surface area contributed by atoms with Gasteiger partial charge in [-0.05, 0) is 70.8 Å². The van der Waals surface area contributed by atoms with Crippen molar-refractivity contribution in [3.8, 4) is 50.5 Å². The van der Waals surface area contributed by atoms with Crippen molar-refractivity contribution < 1.29 is 0 Å². The second kappa shape index (κ2) is 17.3. The van der Waals surface area contributed by atoms with E-state index < -0.39 is 0 Å². The van der Waals surface area contributed by atoms with Crippen LogP contribution in [0.25, 0.3) is 94.1 Å². The third-order valence-electron chi connectivity index (χ3n) is 12.9. The Morgan fingerprint density at radius 2 is 0.897 bits per heavy atom. The predicted molar refractivity (Wildman–Crippen MR) is 283 cm³/mol. The first-order chi connectivity index (χ1) is 33.6. The molecule has 12 aromatic rings. The molecule has 68 heavy (non-hydrogen) atoms. The average molecular weight is 873 g/mol. The van der Waals surface area contributed by atoms with E-state index in [9.17, 15) is 0 Å². The van der Waals surface area contributed by atoms with Gasteiger partial charge in [0.15, 0.2) is 5.84 Å². The maximum absolute atomic E-state index is 8.91. The smallest absolute Gasteiger partial charge is 0.154 e. The maximum atomic E-state index is 8.91. The summed E-state index contributed by atoms with van der Waals surface area (Å²) in [5, 5.41) is 17.2. The van der Waals surface area contributed by atoms with E-state index in [1.807, 2.05) is 66.7 Å². The van der Waals surface area contributed by atoms with Crippen molar-refractivity contribution in [1.29, 1.82) is 5.41 Å². The Hall–Kier alpha value is -9.13. The lowest BCUT2D eigenvalue weighted by Gasteiger charge is -2.14. The minimum absolute atomic E-state index is 0.201. The molecule has 0 aliphatic rings. The second-order valence-electron chi connectivity index (χ2n) is 17.0. The summed E-state index contributed by atoms with van der Waals surface area (Å²) in [5.74, 6) is 0.841. The van der Waals surface area contributed by atoms with Crippen LogP contribution < -0.4 is 5.32 Å². The van der Waals surface area contributed by atoms with Crippen LogP contribution in [-0.4, -0.2) is 25.8 Å². The van der Waals surface area contributed by atoms with Crippen molar-refractivity contribution in [3.05, 3.63) is 254 Å². The zero-order valence-corrected chi connectivity index (χ0v) is 37.1. The van der Waals surface area contributed by atoms with Crippen molar-refractivity contribution >= 4 is 55.3 Å². The number of nitrogens with zero attached hydrogens (tertiary/aromatic N) is 4. The molecular weight excluding hydrogens is 829 g/mol. The number of rotatable bonds is 9. The molecule has 0 saturated heterocycles. The number of aromatic nitrogens is 3. The highest BCUT2D eigenvalue weighted by Crippen LogP contribution is 2.39. The summed E-state index contributed by atoms with van der Waals surface area (Å²) < 4.78 is 4.75. The van der Waals surface area contributed by atoms with Gasteiger partial charge in [0.2, 0.25) is 0 Å². The standard InChI is InChI=1S/C62H44N6/c63-61(46-22-9-3-10-23-46)66-62(47-24-11-4-12-25-47)64-41-67-57-30-15-13-28-51(57)53-40-60-54(39-59(53)67)52-29-14-16-31-58(52)68(60)50-27-17-26-48(36-50)49-37-55(44-20-7-2-8-21-44)65-56(38-49)45-34-32-43(33-35-45)42-18-5-1-6-19-42/h1-40H,41H2,(H2,63,64,66). The van der Waals surface area contributed by atoms with Crippen LogP contribution in [-0.2, 0) is 6.67 Å². The van der Waals surface area contributed by atoms with E-state index in [1.165, 1.54) is 27.3 Å². The third-order valence-corrected chi connectivity index (χ3v) is 12.9. The first-order valence-corrected chi connectivity index (χ1v) is 22.9. The van der Waals surface area contributed by atoms with Gasteiger partial charge in [-0.15, -0.1) is 0 Å². The van der Waals surface area contributed by atoms with E-state index in [0.717, 1.165) is 77.9 Å². The quantitative estimate of drug-likeness (QED) is 0.112. The summed E-state index contributed by atoms with van der Waals surface area (Å²) >= 11 is 0. The number of hydrogen-bond acceptors (Lipinski definition) is 2. The van der Waals surface area contributed by atoms with Gasteiger partial charge in [-0.2, -0.15) is 0 Å². The number of nitrogens with one attached hydrogen (secondary N) is 2. The van der Waals surface area contributed by atoms with E-state index in [-0.39, 0.29) is 5.84 Å². The summed E-state index contributed by atoms with van der Waals surface area (Å²) in [6.45, 7) is 0.446. The minimum atomic E-state index is 0.201. The van der Waals surface area contributed by atoms with Crippen LogP contribution in [0.15, 0.2) is 248 Å². The summed E-state index contributed by atoms with van der Waals surface area (Å²) in [7, 11) is 0. The van der Waals surface area contributed by atoms with E-state index >= 15 is 0 Å².